The van der Waals surface area contributed by atoms with E-state index in [1.54, 1.807) is 0 Å². The van der Waals surface area contributed by atoms with Crippen LogP contribution in [-0.2, 0) is 4.79 Å². The highest BCUT2D eigenvalue weighted by Gasteiger charge is 2.26. The number of amides is 1. The van der Waals surface area contributed by atoms with E-state index >= 15 is 0 Å². The van der Waals surface area contributed by atoms with Crippen molar-refractivity contribution in [1.82, 2.24) is 10.3 Å². The van der Waals surface area contributed by atoms with Gasteiger partial charge in [0.2, 0.25) is 5.91 Å². The van der Waals surface area contributed by atoms with Crippen LogP contribution in [0, 0.1) is 0 Å². The summed E-state index contributed by atoms with van der Waals surface area (Å²) in [5.74, 6) is 2.60. The van der Waals surface area contributed by atoms with Crippen LogP contribution in [0.3, 0.4) is 0 Å². The molecule has 28 heavy (non-hydrogen) atoms. The van der Waals surface area contributed by atoms with Crippen molar-refractivity contribution in [2.45, 2.75) is 57.6 Å². The summed E-state index contributed by atoms with van der Waals surface area (Å²) in [5, 5.41) is 2.90. The third kappa shape index (κ3) is 4.29. The lowest BCUT2D eigenvalue weighted by Crippen LogP contribution is -2.26. The number of aromatic nitrogens is 1. The van der Waals surface area contributed by atoms with Crippen LogP contribution in [-0.4, -0.2) is 30.1 Å². The van der Waals surface area contributed by atoms with Crippen molar-refractivity contribution in [2.75, 3.05) is 18.0 Å². The number of anilines is 1. The Labute approximate surface area is 167 Å². The second-order valence-corrected chi connectivity index (χ2v) is 8.01. The number of pyridine rings is 1. The van der Waals surface area contributed by atoms with E-state index in [0.717, 1.165) is 36.6 Å². The molecule has 1 amide bonds. The quantitative estimate of drug-likeness (QED) is 0.817. The lowest BCUT2D eigenvalue weighted by Gasteiger charge is -2.26. The van der Waals surface area contributed by atoms with Crippen LogP contribution in [0.15, 0.2) is 42.5 Å². The van der Waals surface area contributed by atoms with Crippen LogP contribution in [0.4, 0.5) is 5.82 Å². The molecule has 0 spiro atoms. The van der Waals surface area contributed by atoms with Gasteiger partial charge >= 0.3 is 0 Å². The summed E-state index contributed by atoms with van der Waals surface area (Å²) >= 11 is 0. The SMILES string of the molecule is CC(=O)N[C@@H](C)c1ccc(O[C@@H]2CCN(c3cccc(C4CCC4)n3)C2)cc1. The minimum atomic E-state index is -0.0196. The van der Waals surface area contributed by atoms with Crippen molar-refractivity contribution in [2.24, 2.45) is 0 Å². The van der Waals surface area contributed by atoms with E-state index in [1.165, 1.54) is 31.9 Å². The van der Waals surface area contributed by atoms with Gasteiger partial charge < -0.3 is 15.0 Å². The van der Waals surface area contributed by atoms with Crippen LogP contribution in [0.1, 0.15) is 62.7 Å². The first-order valence-corrected chi connectivity index (χ1v) is 10.3. The van der Waals surface area contributed by atoms with Gasteiger partial charge in [-0.3, -0.25) is 4.79 Å². The van der Waals surface area contributed by atoms with Gasteiger partial charge in [-0.2, -0.15) is 0 Å². The van der Waals surface area contributed by atoms with E-state index in [-0.39, 0.29) is 18.1 Å². The molecule has 0 radical (unpaired) electrons. The number of nitrogens with zero attached hydrogens (tertiary/aromatic N) is 2. The maximum atomic E-state index is 11.2. The summed E-state index contributed by atoms with van der Waals surface area (Å²) in [6, 6.07) is 14.4. The minimum absolute atomic E-state index is 0.00235. The molecule has 2 aliphatic rings. The molecule has 1 aromatic heterocycles. The summed E-state index contributed by atoms with van der Waals surface area (Å²) in [6.07, 6.45) is 5.06. The fourth-order valence-corrected chi connectivity index (χ4v) is 4.00. The molecular weight excluding hydrogens is 350 g/mol. The molecule has 148 valence electrons. The minimum Gasteiger partial charge on any atom is -0.489 e. The van der Waals surface area contributed by atoms with Crippen LogP contribution in [0.25, 0.3) is 0 Å². The molecule has 1 saturated carbocycles. The Balaban J connectivity index is 1.34. The highest BCUT2D eigenvalue weighted by atomic mass is 16.5. The van der Waals surface area contributed by atoms with Crippen molar-refractivity contribution >= 4 is 11.7 Å². The second kappa shape index (κ2) is 8.21. The monoisotopic (exact) mass is 379 g/mol. The fourth-order valence-electron chi connectivity index (χ4n) is 4.00. The number of hydrogen-bond acceptors (Lipinski definition) is 4. The van der Waals surface area contributed by atoms with Crippen LogP contribution in [0.5, 0.6) is 5.75 Å². The summed E-state index contributed by atoms with van der Waals surface area (Å²) in [5.41, 5.74) is 2.32. The predicted octanol–water partition coefficient (Wildman–Crippen LogP) is 4.20. The summed E-state index contributed by atoms with van der Waals surface area (Å²) < 4.78 is 6.20. The Hall–Kier alpha value is -2.56. The van der Waals surface area contributed by atoms with Crippen molar-refractivity contribution in [3.63, 3.8) is 0 Å². The molecule has 2 fully saturated rings. The Morgan fingerprint density at radius 1 is 1.18 bits per heavy atom. The molecule has 0 unspecified atom stereocenters. The third-order valence-corrected chi connectivity index (χ3v) is 5.85. The standard InChI is InChI=1S/C23H29N3O2/c1-16(24-17(2)27)18-9-11-20(12-10-18)28-21-13-14-26(15-21)23-8-4-7-22(25-23)19-5-3-6-19/h4,7-12,16,19,21H,3,5-6,13-15H2,1-2H3,(H,24,27)/t16-,21+/m0/s1. The van der Waals surface area contributed by atoms with E-state index in [1.807, 2.05) is 31.2 Å². The number of nitrogens with one attached hydrogen (secondary N) is 1. The summed E-state index contributed by atoms with van der Waals surface area (Å²) in [7, 11) is 0. The molecule has 4 rings (SSSR count). The Morgan fingerprint density at radius 2 is 1.96 bits per heavy atom. The van der Waals surface area contributed by atoms with E-state index < -0.39 is 0 Å². The molecule has 1 saturated heterocycles. The molecule has 2 aromatic rings. The average Bonchev–Trinajstić information content (AvgIpc) is 3.09. The van der Waals surface area contributed by atoms with Gasteiger partial charge in [-0.1, -0.05) is 24.6 Å². The normalized spacial score (nSPS) is 20.5. The number of carbonyl (C=O) groups is 1. The van der Waals surface area contributed by atoms with Crippen molar-refractivity contribution in [3.8, 4) is 5.75 Å². The highest BCUT2D eigenvalue weighted by Crippen LogP contribution is 2.36. The number of ether oxygens (including phenoxy) is 1. The van der Waals surface area contributed by atoms with E-state index in [9.17, 15) is 4.79 Å². The van der Waals surface area contributed by atoms with Crippen LogP contribution < -0.4 is 15.0 Å². The Bertz CT molecular complexity index is 817. The van der Waals surface area contributed by atoms with Crippen molar-refractivity contribution in [1.29, 1.82) is 0 Å². The lowest BCUT2D eigenvalue weighted by atomic mass is 9.83. The topological polar surface area (TPSA) is 54.5 Å². The van der Waals surface area contributed by atoms with Crippen molar-refractivity contribution in [3.05, 3.63) is 53.7 Å². The fraction of sp³-hybridized carbons (Fsp3) is 0.478. The molecule has 2 atom stereocenters. The number of hydrogen-bond donors (Lipinski definition) is 1. The first-order chi connectivity index (χ1) is 13.6. The number of benzene rings is 1. The van der Waals surface area contributed by atoms with Crippen LogP contribution in [0.2, 0.25) is 0 Å². The second-order valence-electron chi connectivity index (χ2n) is 8.01. The van der Waals surface area contributed by atoms with E-state index in [2.05, 4.69) is 28.4 Å². The first kappa shape index (κ1) is 18.8. The van der Waals surface area contributed by atoms with Gasteiger partial charge in [0, 0.05) is 31.5 Å². The third-order valence-electron chi connectivity index (χ3n) is 5.85. The molecule has 1 aromatic carbocycles. The lowest BCUT2D eigenvalue weighted by molar-refractivity contribution is -0.119. The summed E-state index contributed by atoms with van der Waals surface area (Å²) in [6.45, 7) is 5.36. The van der Waals surface area contributed by atoms with Crippen molar-refractivity contribution < 1.29 is 9.53 Å². The van der Waals surface area contributed by atoms with Gasteiger partial charge in [-0.25, -0.2) is 4.98 Å². The Kier molecular flexibility index (Phi) is 5.51. The predicted molar refractivity (Wildman–Crippen MR) is 111 cm³/mol. The average molecular weight is 380 g/mol. The molecular formula is C23H29N3O2. The van der Waals surface area contributed by atoms with Gasteiger partial charge in [0.05, 0.1) is 12.6 Å². The molecule has 2 heterocycles. The van der Waals surface area contributed by atoms with Gasteiger partial charge in [0.1, 0.15) is 17.7 Å². The maximum Gasteiger partial charge on any atom is 0.217 e. The Morgan fingerprint density at radius 3 is 2.64 bits per heavy atom. The zero-order valence-corrected chi connectivity index (χ0v) is 16.7. The van der Waals surface area contributed by atoms with Gasteiger partial charge in [0.15, 0.2) is 0 Å². The molecule has 1 N–H and O–H groups in total. The van der Waals surface area contributed by atoms with Gasteiger partial charge in [0.25, 0.3) is 0 Å². The highest BCUT2D eigenvalue weighted by molar-refractivity contribution is 5.73. The molecule has 1 aliphatic carbocycles. The van der Waals surface area contributed by atoms with Gasteiger partial charge in [-0.15, -0.1) is 0 Å². The van der Waals surface area contributed by atoms with Gasteiger partial charge in [-0.05, 0) is 49.6 Å². The smallest absolute Gasteiger partial charge is 0.217 e. The van der Waals surface area contributed by atoms with E-state index in [0.29, 0.717) is 5.92 Å². The number of carbonyl (C=O) groups excluding carboxylic acids is 1. The maximum absolute atomic E-state index is 11.2. The zero-order chi connectivity index (χ0) is 19.5. The largest absolute Gasteiger partial charge is 0.489 e. The molecule has 5 heteroatoms. The summed E-state index contributed by atoms with van der Waals surface area (Å²) in [4.78, 5) is 18.4. The van der Waals surface area contributed by atoms with E-state index in [4.69, 9.17) is 9.72 Å². The molecule has 0 bridgehead atoms. The van der Waals surface area contributed by atoms with Crippen LogP contribution >= 0.6 is 0 Å². The number of rotatable bonds is 6. The zero-order valence-electron chi connectivity index (χ0n) is 16.7. The molecule has 5 nitrogen and oxygen atoms in total. The molecule has 1 aliphatic heterocycles. The first-order valence-electron chi connectivity index (χ1n) is 10.3.